The molecule has 1 saturated carbocycles. The van der Waals surface area contributed by atoms with Crippen molar-refractivity contribution in [3.8, 4) is 0 Å². The van der Waals surface area contributed by atoms with Gasteiger partial charge in [-0.25, -0.2) is 4.57 Å². The molecule has 0 aromatic rings. The Bertz CT molecular complexity index is 2160. The Hall–Kier alpha value is -1.99. The van der Waals surface area contributed by atoms with Crippen molar-refractivity contribution >= 4 is 19.6 Å². The molecule has 0 radical (unpaired) electrons. The van der Waals surface area contributed by atoms with Gasteiger partial charge in [0.25, 0.3) is 0 Å². The maximum Gasteiger partial charge on any atom is 0.475 e. The number of amides is 2. The highest BCUT2D eigenvalue weighted by Gasteiger charge is 2.59. The van der Waals surface area contributed by atoms with Gasteiger partial charge in [-0.3, -0.25) is 18.6 Å². The number of hydrogen-bond acceptors (Lipinski definition) is 31. The van der Waals surface area contributed by atoms with Crippen molar-refractivity contribution in [2.45, 2.75) is 251 Å². The average Bonchev–Trinajstić information content (AvgIpc) is 2.32. The van der Waals surface area contributed by atoms with Crippen molar-refractivity contribution in [3.63, 3.8) is 0 Å². The number of aliphatic hydroxyl groups excluding tert-OH is 16. The lowest BCUT2D eigenvalue weighted by Gasteiger charge is -2.52. The van der Waals surface area contributed by atoms with Crippen molar-refractivity contribution in [1.29, 1.82) is 0 Å². The highest BCUT2D eigenvalue weighted by molar-refractivity contribution is 7.47. The first-order valence-electron chi connectivity index (χ1n) is 27.9. The van der Waals surface area contributed by atoms with Crippen molar-refractivity contribution < 1.29 is 157 Å². The summed E-state index contributed by atoms with van der Waals surface area (Å²) in [7, 11) is -5.12. The number of phosphoric ester groups is 1. The molecule has 13 unspecified atom stereocenters. The average molecular weight is 1260 g/mol. The van der Waals surface area contributed by atoms with Gasteiger partial charge >= 0.3 is 7.82 Å². The molecule has 0 aromatic heterocycles. The summed E-state index contributed by atoms with van der Waals surface area (Å²) in [6.45, 7) is 6.34. The molecule has 6 aliphatic rings. The second-order valence-corrected chi connectivity index (χ2v) is 25.5. The standard InChI is InChI=1S/C50H89N2O32P/c1-17(58)51-28-20(10-22-33(63)37(67)34(64)27(74-22)16-73-49(3,4)5)31(61)23(12-54)76-45(28)80-41-25(14-56)79-47(39(69)38(41)68)81-42-26(15-57)78-46(29(52-18(2)59)43(42)75-21-9-19(11-53)30(60)36(66)32(21)62)82-44-35(65)24(13-55)77-48(40(44)70)83-85(71,72)84-50(6,7)8/h19-48,53-57,60-70H,9-16H2,1-8H3,(H,51,58)(H,52,59)(H,71,72)/t19?,20-,21-,22+,23?,24?,25?,26?,27?,28?,29?,30-,31-,32?,33?,34-,35+,36+,37-,38-,39?,40?,41-,42+,43-,44+,45+,46+,47-,48-/m1/s1. The normalized spacial score (nSPS) is 45.6. The predicted molar refractivity (Wildman–Crippen MR) is 277 cm³/mol. The van der Waals surface area contributed by atoms with Crippen LogP contribution in [0.3, 0.4) is 0 Å². The topological polar surface area (TPSA) is 530 Å². The highest BCUT2D eigenvalue weighted by atomic mass is 31.2. The zero-order valence-electron chi connectivity index (χ0n) is 48.2. The molecule has 2 amide bonds. The molecule has 35 heteroatoms. The Kier molecular flexibility index (Phi) is 25.4. The number of nitrogens with one attached hydrogen (secondary N) is 2. The number of carbonyl (C=O) groups excluding carboxylic acids is 2. The summed E-state index contributed by atoms with van der Waals surface area (Å²) < 4.78 is 83.5. The van der Waals surface area contributed by atoms with Gasteiger partial charge in [0.1, 0.15) is 116 Å². The first-order chi connectivity index (χ1) is 39.6. The molecular formula is C50H89N2O32P. The number of ether oxygens (including phenoxy) is 10. The Labute approximate surface area is 488 Å². The molecule has 1 aliphatic carbocycles. The third-order valence-electron chi connectivity index (χ3n) is 15.4. The van der Waals surface area contributed by atoms with Gasteiger partial charge in [-0.15, -0.1) is 0 Å². The van der Waals surface area contributed by atoms with Crippen LogP contribution in [0.1, 0.15) is 68.2 Å². The molecule has 496 valence electrons. The highest BCUT2D eigenvalue weighted by Crippen LogP contribution is 2.50. The van der Waals surface area contributed by atoms with E-state index in [0.29, 0.717) is 0 Å². The van der Waals surface area contributed by atoms with Crippen LogP contribution in [0.15, 0.2) is 0 Å². The van der Waals surface area contributed by atoms with E-state index in [9.17, 15) is 101 Å². The number of carbonyl (C=O) groups is 2. The lowest BCUT2D eigenvalue weighted by atomic mass is 9.80. The van der Waals surface area contributed by atoms with Crippen molar-refractivity contribution in [1.82, 2.24) is 10.6 Å². The first-order valence-corrected chi connectivity index (χ1v) is 29.4. The number of rotatable bonds is 22. The van der Waals surface area contributed by atoms with Crippen LogP contribution >= 0.6 is 7.82 Å². The maximum absolute atomic E-state index is 13.2. The summed E-state index contributed by atoms with van der Waals surface area (Å²) in [5.41, 5.74) is -2.03. The van der Waals surface area contributed by atoms with Gasteiger partial charge < -0.3 is 145 Å². The van der Waals surface area contributed by atoms with Gasteiger partial charge in [0.15, 0.2) is 25.2 Å². The molecular weight excluding hydrogens is 1170 g/mol. The van der Waals surface area contributed by atoms with E-state index in [0.717, 1.165) is 13.8 Å². The molecule has 5 saturated heterocycles. The zero-order chi connectivity index (χ0) is 63.5. The molecule has 0 bridgehead atoms. The second kappa shape index (κ2) is 30.0. The van der Waals surface area contributed by atoms with E-state index >= 15 is 0 Å². The van der Waals surface area contributed by atoms with E-state index in [1.165, 1.54) is 20.8 Å². The van der Waals surface area contributed by atoms with Gasteiger partial charge in [-0.05, 0) is 54.4 Å². The Balaban J connectivity index is 1.32. The first kappa shape index (κ1) is 72.1. The quantitative estimate of drug-likeness (QED) is 0.0448. The Morgan fingerprint density at radius 2 is 0.965 bits per heavy atom. The van der Waals surface area contributed by atoms with E-state index < -0.39 is 260 Å². The summed E-state index contributed by atoms with van der Waals surface area (Å²) in [4.78, 5) is 36.6. The maximum atomic E-state index is 13.2. The predicted octanol–water partition coefficient (Wildman–Crippen LogP) is -8.72. The number of phosphoric acid groups is 1. The molecule has 5 heterocycles. The van der Waals surface area contributed by atoms with E-state index in [-0.39, 0.29) is 6.61 Å². The Morgan fingerprint density at radius 3 is 1.53 bits per heavy atom. The van der Waals surface area contributed by atoms with Crippen LogP contribution in [-0.4, -0.2) is 321 Å². The minimum atomic E-state index is -5.12. The van der Waals surface area contributed by atoms with E-state index in [1.807, 2.05) is 0 Å². The van der Waals surface area contributed by atoms with Crippen LogP contribution in [0.25, 0.3) is 0 Å². The third kappa shape index (κ3) is 17.5. The van der Waals surface area contributed by atoms with E-state index in [2.05, 4.69) is 10.6 Å². The molecule has 0 aromatic carbocycles. The molecule has 0 spiro atoms. The molecule has 5 aliphatic heterocycles. The van der Waals surface area contributed by atoms with E-state index in [1.54, 1.807) is 20.8 Å². The van der Waals surface area contributed by atoms with Crippen molar-refractivity contribution in [2.24, 2.45) is 11.8 Å². The molecule has 34 nitrogen and oxygen atoms in total. The van der Waals surface area contributed by atoms with Gasteiger partial charge in [-0.2, -0.15) is 0 Å². The van der Waals surface area contributed by atoms with Crippen molar-refractivity contribution in [2.75, 3.05) is 39.6 Å². The number of aliphatic hydroxyl groups is 16. The van der Waals surface area contributed by atoms with Gasteiger partial charge in [0.05, 0.1) is 74.7 Å². The molecule has 85 heavy (non-hydrogen) atoms. The molecule has 19 N–H and O–H groups in total. The third-order valence-corrected chi connectivity index (χ3v) is 16.7. The second-order valence-electron chi connectivity index (χ2n) is 24.2. The lowest BCUT2D eigenvalue weighted by Crippen LogP contribution is -2.71. The minimum absolute atomic E-state index is 0.253. The minimum Gasteiger partial charge on any atom is -0.396 e. The summed E-state index contributed by atoms with van der Waals surface area (Å²) in [6, 6.07) is -3.34. The summed E-state index contributed by atoms with van der Waals surface area (Å²) in [5.74, 6) is -4.11. The fraction of sp³-hybridized carbons (Fsp3) is 0.960. The SMILES string of the molecule is CC(=O)NC1[C@H](O[C@@H]2C(CO)O[C@H](O[C@H]3C(CO)O[C@@H](O[C@@H]4C(O)[C@@H](OP(=O)(O)OC(C)(C)C)OC(CO)[C@@H]4O)C(NC(C)=O)[C@H]3O[C@@H]3CC(CO)[C@@H](O)[C@H](O)C3O)C(O)[C@H]2O)OC(CO)[C@H](O)[C@@H]1C[C@@H]1OC(COC(C)(C)C)[C@@H](O)[C@H](O)C1O. The summed E-state index contributed by atoms with van der Waals surface area (Å²) in [5, 5.41) is 182. The van der Waals surface area contributed by atoms with Crippen LogP contribution in [0.4, 0.5) is 0 Å². The van der Waals surface area contributed by atoms with Crippen LogP contribution in [0, 0.1) is 11.8 Å². The largest absolute Gasteiger partial charge is 0.475 e. The van der Waals surface area contributed by atoms with Crippen LogP contribution in [0.5, 0.6) is 0 Å². The molecule has 6 rings (SSSR count). The lowest BCUT2D eigenvalue weighted by molar-refractivity contribution is -0.380. The summed E-state index contributed by atoms with van der Waals surface area (Å²) in [6.07, 6.45) is -49.3. The van der Waals surface area contributed by atoms with Crippen molar-refractivity contribution in [3.05, 3.63) is 0 Å². The smallest absolute Gasteiger partial charge is 0.396 e. The van der Waals surface area contributed by atoms with Gasteiger partial charge in [-0.1, -0.05) is 0 Å². The van der Waals surface area contributed by atoms with Crippen LogP contribution in [-0.2, 0) is 70.6 Å². The molecule has 31 atom stereocenters. The van der Waals surface area contributed by atoms with Crippen LogP contribution < -0.4 is 10.6 Å². The molecule has 6 fully saturated rings. The van der Waals surface area contributed by atoms with Crippen LogP contribution in [0.2, 0.25) is 0 Å². The summed E-state index contributed by atoms with van der Waals surface area (Å²) >= 11 is 0. The van der Waals surface area contributed by atoms with Gasteiger partial charge in [0.2, 0.25) is 11.8 Å². The fourth-order valence-electron chi connectivity index (χ4n) is 11.2. The van der Waals surface area contributed by atoms with Gasteiger partial charge in [0, 0.05) is 32.3 Å². The number of hydrogen-bond donors (Lipinski definition) is 19. The monoisotopic (exact) mass is 1260 g/mol. The fourth-order valence-corrected chi connectivity index (χ4v) is 12.4. The zero-order valence-corrected chi connectivity index (χ0v) is 49.0. The Morgan fingerprint density at radius 1 is 0.471 bits per heavy atom. The van der Waals surface area contributed by atoms with E-state index in [4.69, 9.17) is 56.4 Å².